The quantitative estimate of drug-likeness (QED) is 0.513. The first kappa shape index (κ1) is 23.0. The van der Waals surface area contributed by atoms with Crippen LogP contribution in [0.15, 0.2) is 46.0 Å². The van der Waals surface area contributed by atoms with Gasteiger partial charge in [-0.15, -0.1) is 22.7 Å². The zero-order valence-electron chi connectivity index (χ0n) is 16.6. The van der Waals surface area contributed by atoms with Crippen molar-refractivity contribution in [1.82, 2.24) is 14.6 Å². The highest BCUT2D eigenvalue weighted by Gasteiger charge is 2.20. The molecule has 1 aromatic carbocycles. The predicted molar refractivity (Wildman–Crippen MR) is 117 cm³/mol. The van der Waals surface area contributed by atoms with E-state index in [1.165, 1.54) is 38.4 Å². The van der Waals surface area contributed by atoms with Gasteiger partial charge in [0.2, 0.25) is 5.91 Å². The number of thiophene rings is 1. The lowest BCUT2D eigenvalue weighted by molar-refractivity contribution is -0.120. The molecule has 0 radical (unpaired) electrons. The Balaban J connectivity index is 1.53. The first-order chi connectivity index (χ1) is 14.7. The highest BCUT2D eigenvalue weighted by atomic mass is 32.2. The third-order valence-electron chi connectivity index (χ3n) is 4.06. The van der Waals surface area contributed by atoms with E-state index < -0.39 is 21.7 Å². The Hall–Kier alpha value is -2.67. The van der Waals surface area contributed by atoms with E-state index in [-0.39, 0.29) is 33.8 Å². The fraction of sp³-hybridized carbons (Fsp3) is 0.211. The van der Waals surface area contributed by atoms with E-state index in [0.717, 1.165) is 27.0 Å². The summed E-state index contributed by atoms with van der Waals surface area (Å²) in [7, 11) is -0.589. The van der Waals surface area contributed by atoms with Crippen LogP contribution in [-0.2, 0) is 27.8 Å². The normalized spacial score (nSPS) is 11.5. The molecule has 31 heavy (non-hydrogen) atoms. The van der Waals surface area contributed by atoms with Crippen molar-refractivity contribution in [3.63, 3.8) is 0 Å². The van der Waals surface area contributed by atoms with Crippen molar-refractivity contribution in [3.05, 3.63) is 63.7 Å². The number of nitrogens with one attached hydrogen (secondary N) is 2. The fourth-order valence-electron chi connectivity index (χ4n) is 2.44. The molecule has 2 amide bonds. The van der Waals surface area contributed by atoms with Gasteiger partial charge in [-0.2, -0.15) is 0 Å². The molecule has 0 aliphatic carbocycles. The summed E-state index contributed by atoms with van der Waals surface area (Å²) in [5, 5.41) is 7.12. The van der Waals surface area contributed by atoms with Gasteiger partial charge in [-0.1, -0.05) is 12.1 Å². The van der Waals surface area contributed by atoms with Gasteiger partial charge in [0.1, 0.15) is 10.0 Å². The highest BCUT2D eigenvalue weighted by Crippen LogP contribution is 2.23. The Morgan fingerprint density at radius 1 is 1.16 bits per heavy atom. The van der Waals surface area contributed by atoms with Crippen LogP contribution in [0.4, 0.5) is 9.52 Å². The number of halogens is 1. The van der Waals surface area contributed by atoms with Crippen molar-refractivity contribution in [2.75, 3.05) is 19.4 Å². The number of anilines is 1. The first-order valence-electron chi connectivity index (χ1n) is 8.95. The first-order valence-corrected chi connectivity index (χ1v) is 12.1. The van der Waals surface area contributed by atoms with Gasteiger partial charge in [-0.25, -0.2) is 22.1 Å². The molecule has 0 saturated carbocycles. The van der Waals surface area contributed by atoms with E-state index in [0.29, 0.717) is 10.6 Å². The zero-order valence-corrected chi connectivity index (χ0v) is 19.0. The summed E-state index contributed by atoms with van der Waals surface area (Å²) in [6, 6.07) is 8.77. The van der Waals surface area contributed by atoms with Crippen LogP contribution in [0.25, 0.3) is 0 Å². The van der Waals surface area contributed by atoms with Crippen molar-refractivity contribution < 1.29 is 22.4 Å². The number of sulfonamides is 1. The number of hydrogen-bond acceptors (Lipinski definition) is 7. The molecule has 12 heteroatoms. The minimum absolute atomic E-state index is 0.0136. The Bertz CT molecular complexity index is 1200. The van der Waals surface area contributed by atoms with Gasteiger partial charge in [0.05, 0.1) is 24.2 Å². The number of benzene rings is 1. The molecule has 3 aromatic rings. The third kappa shape index (κ3) is 5.73. The van der Waals surface area contributed by atoms with Crippen LogP contribution in [0.3, 0.4) is 0 Å². The Labute approximate surface area is 186 Å². The van der Waals surface area contributed by atoms with E-state index in [1.54, 1.807) is 17.5 Å². The molecule has 0 spiro atoms. The van der Waals surface area contributed by atoms with Crippen LogP contribution in [0.5, 0.6) is 0 Å². The van der Waals surface area contributed by atoms with Crippen molar-refractivity contribution in [2.24, 2.45) is 0 Å². The predicted octanol–water partition coefficient (Wildman–Crippen LogP) is 2.71. The maximum absolute atomic E-state index is 13.7. The smallest absolute Gasteiger partial charge is 0.260 e. The van der Waals surface area contributed by atoms with Gasteiger partial charge in [0, 0.05) is 24.4 Å². The lowest BCUT2D eigenvalue weighted by atomic mass is 10.2. The second-order valence-electron chi connectivity index (χ2n) is 6.54. The number of carbonyl (C=O) groups is 2. The molecule has 0 atom stereocenters. The van der Waals surface area contributed by atoms with E-state index in [4.69, 9.17) is 0 Å². The summed E-state index contributed by atoms with van der Waals surface area (Å²) < 4.78 is 39.2. The molecule has 2 heterocycles. The number of rotatable bonds is 8. The maximum atomic E-state index is 13.7. The van der Waals surface area contributed by atoms with Gasteiger partial charge in [-0.3, -0.25) is 14.9 Å². The number of hydrogen-bond donors (Lipinski definition) is 2. The molecular weight excluding hydrogens is 463 g/mol. The topological polar surface area (TPSA) is 108 Å². The zero-order chi connectivity index (χ0) is 22.6. The van der Waals surface area contributed by atoms with Gasteiger partial charge < -0.3 is 5.32 Å². The molecule has 0 unspecified atom stereocenters. The van der Waals surface area contributed by atoms with E-state index in [9.17, 15) is 22.4 Å². The fourth-order valence-corrected chi connectivity index (χ4v) is 5.61. The van der Waals surface area contributed by atoms with Gasteiger partial charge >= 0.3 is 0 Å². The molecule has 0 aliphatic rings. The molecule has 2 aromatic heterocycles. The second-order valence-corrected chi connectivity index (χ2v) is 10.9. The van der Waals surface area contributed by atoms with Gasteiger partial charge in [-0.05, 0) is 24.3 Å². The highest BCUT2D eigenvalue weighted by molar-refractivity contribution is 7.91. The van der Waals surface area contributed by atoms with E-state index in [2.05, 4.69) is 15.6 Å². The average molecular weight is 483 g/mol. The third-order valence-corrected chi connectivity index (χ3v) is 8.24. The number of nitrogens with zero attached hydrogens (tertiary/aromatic N) is 2. The number of thiazole rings is 1. The molecule has 3 rings (SSSR count). The lowest BCUT2D eigenvalue weighted by Crippen LogP contribution is -2.24. The Morgan fingerprint density at radius 2 is 1.90 bits per heavy atom. The molecule has 8 nitrogen and oxygen atoms in total. The summed E-state index contributed by atoms with van der Waals surface area (Å²) in [5.74, 6) is -1.56. The summed E-state index contributed by atoms with van der Waals surface area (Å²) >= 11 is 2.22. The molecule has 0 bridgehead atoms. The lowest BCUT2D eigenvalue weighted by Gasteiger charge is -2.08. The summed E-state index contributed by atoms with van der Waals surface area (Å²) in [6.07, 6.45) is -0.0136. The van der Waals surface area contributed by atoms with E-state index in [1.807, 2.05) is 0 Å². The minimum Gasteiger partial charge on any atom is -0.351 e. The van der Waals surface area contributed by atoms with Crippen LogP contribution in [-0.4, -0.2) is 43.6 Å². The molecule has 0 aliphatic heterocycles. The Kier molecular flexibility index (Phi) is 7.15. The molecule has 2 N–H and O–H groups in total. The van der Waals surface area contributed by atoms with Crippen LogP contribution in [0.2, 0.25) is 0 Å². The molecule has 164 valence electrons. The molecular formula is C19H19FN4O4S3. The maximum Gasteiger partial charge on any atom is 0.260 e. The van der Waals surface area contributed by atoms with Crippen molar-refractivity contribution in [1.29, 1.82) is 0 Å². The van der Waals surface area contributed by atoms with Gasteiger partial charge in [0.15, 0.2) is 5.13 Å². The van der Waals surface area contributed by atoms with Crippen LogP contribution in [0, 0.1) is 5.82 Å². The van der Waals surface area contributed by atoms with Crippen molar-refractivity contribution >= 4 is 49.6 Å². The monoisotopic (exact) mass is 482 g/mol. The average Bonchev–Trinajstić information content (AvgIpc) is 3.36. The standard InChI is InChI=1S/C19H19FN4O4S3/c1-24(2)31(27,28)17-8-7-13(30-17)10-21-16(25)9-12-11-29-19(22-12)23-18(26)14-5-3-4-6-15(14)20/h3-8,11H,9-10H2,1-2H3,(H,21,25)(H,22,23,26). The van der Waals surface area contributed by atoms with Crippen LogP contribution in [0.1, 0.15) is 20.9 Å². The van der Waals surface area contributed by atoms with Crippen LogP contribution >= 0.6 is 22.7 Å². The summed E-state index contributed by atoms with van der Waals surface area (Å²) in [5.41, 5.74) is 0.358. The SMILES string of the molecule is CN(C)S(=O)(=O)c1ccc(CNC(=O)Cc2csc(NC(=O)c3ccccc3F)n2)s1. The number of aromatic nitrogens is 1. The van der Waals surface area contributed by atoms with Crippen molar-refractivity contribution in [2.45, 2.75) is 17.2 Å². The largest absolute Gasteiger partial charge is 0.351 e. The number of carbonyl (C=O) groups excluding carboxylic acids is 2. The summed E-state index contributed by atoms with van der Waals surface area (Å²) in [4.78, 5) is 29.2. The minimum atomic E-state index is -3.50. The second kappa shape index (κ2) is 9.64. The number of amides is 2. The van der Waals surface area contributed by atoms with Crippen LogP contribution < -0.4 is 10.6 Å². The molecule has 0 saturated heterocycles. The van der Waals surface area contributed by atoms with Crippen molar-refractivity contribution in [3.8, 4) is 0 Å². The van der Waals surface area contributed by atoms with Gasteiger partial charge in [0.25, 0.3) is 15.9 Å². The molecule has 0 fully saturated rings. The Morgan fingerprint density at radius 3 is 2.61 bits per heavy atom. The summed E-state index contributed by atoms with van der Waals surface area (Å²) in [6.45, 7) is 0.188. The van der Waals surface area contributed by atoms with E-state index >= 15 is 0 Å².